The number of nitrogens with one attached hydrogen (secondary N) is 2. The molecule has 0 radical (unpaired) electrons. The first kappa shape index (κ1) is 23.8. The van der Waals surface area contributed by atoms with Crippen molar-refractivity contribution in [3.8, 4) is 0 Å². The van der Waals surface area contributed by atoms with Gasteiger partial charge in [-0.3, -0.25) is 9.52 Å². The minimum Gasteiger partial charge on any atom is -0.352 e. The van der Waals surface area contributed by atoms with Gasteiger partial charge in [0.15, 0.2) is 0 Å². The zero-order valence-electron chi connectivity index (χ0n) is 18.2. The van der Waals surface area contributed by atoms with E-state index in [1.54, 1.807) is 42.5 Å². The molecule has 0 fully saturated rings. The Morgan fingerprint density at radius 2 is 1.50 bits per heavy atom. The molecule has 3 aromatic rings. The van der Waals surface area contributed by atoms with E-state index < -0.39 is 10.0 Å². The lowest BCUT2D eigenvalue weighted by atomic mass is 10.1. The fourth-order valence-corrected chi connectivity index (χ4v) is 4.64. The number of rotatable bonds is 12. The summed E-state index contributed by atoms with van der Waals surface area (Å²) in [5, 5.41) is 4.73. The number of anilines is 1. The second-order valence-corrected chi connectivity index (χ2v) is 9.54. The Morgan fingerprint density at radius 1 is 0.781 bits per heavy atom. The van der Waals surface area contributed by atoms with Crippen molar-refractivity contribution in [3.05, 3.63) is 72.3 Å². The standard InChI is InChI=1S/C25H31N3O3S/c26-16-7-3-1-2-4-8-17-27-25(29)22-12-9-13-23(18-22)28-32(30,31)24-15-14-20-10-5-6-11-21(20)19-24/h5-6,9-15,18-19,28H,1-4,7-8,16-17,26H2,(H,27,29). The van der Waals surface area contributed by atoms with Gasteiger partial charge in [0.1, 0.15) is 0 Å². The van der Waals surface area contributed by atoms with E-state index in [2.05, 4.69) is 10.0 Å². The van der Waals surface area contributed by atoms with Crippen LogP contribution in [0.3, 0.4) is 0 Å². The second kappa shape index (κ2) is 11.6. The number of nitrogens with two attached hydrogens (primary N) is 1. The molecule has 3 aromatic carbocycles. The lowest BCUT2D eigenvalue weighted by molar-refractivity contribution is 0.0953. The van der Waals surface area contributed by atoms with E-state index in [1.165, 1.54) is 6.42 Å². The number of unbranched alkanes of at least 4 members (excludes halogenated alkanes) is 5. The third kappa shape index (κ3) is 6.80. The predicted molar refractivity (Wildman–Crippen MR) is 130 cm³/mol. The summed E-state index contributed by atoms with van der Waals surface area (Å²) in [6, 6.07) is 19.1. The molecule has 0 saturated carbocycles. The summed E-state index contributed by atoms with van der Waals surface area (Å²) in [7, 11) is -3.77. The van der Waals surface area contributed by atoms with E-state index in [0.717, 1.165) is 49.4 Å². The first-order valence-electron chi connectivity index (χ1n) is 11.1. The predicted octanol–water partition coefficient (Wildman–Crippen LogP) is 4.67. The minimum atomic E-state index is -3.77. The zero-order valence-corrected chi connectivity index (χ0v) is 19.0. The maximum Gasteiger partial charge on any atom is 0.261 e. The van der Waals surface area contributed by atoms with Crippen molar-refractivity contribution in [3.63, 3.8) is 0 Å². The van der Waals surface area contributed by atoms with E-state index in [-0.39, 0.29) is 10.8 Å². The molecule has 0 spiro atoms. The lowest BCUT2D eigenvalue weighted by Gasteiger charge is -2.11. The summed E-state index contributed by atoms with van der Waals surface area (Å²) in [6.07, 6.45) is 6.52. The number of hydrogen-bond acceptors (Lipinski definition) is 4. The average molecular weight is 454 g/mol. The van der Waals surface area contributed by atoms with Crippen LogP contribution in [0.4, 0.5) is 5.69 Å². The van der Waals surface area contributed by atoms with Crippen molar-refractivity contribution in [2.24, 2.45) is 5.73 Å². The van der Waals surface area contributed by atoms with Gasteiger partial charge in [-0.2, -0.15) is 0 Å². The molecule has 0 heterocycles. The Hall–Kier alpha value is -2.90. The molecular formula is C25H31N3O3S. The van der Waals surface area contributed by atoms with Crippen molar-refractivity contribution in [1.82, 2.24) is 5.32 Å². The highest BCUT2D eigenvalue weighted by molar-refractivity contribution is 7.92. The summed E-state index contributed by atoms with van der Waals surface area (Å²) in [6.45, 7) is 1.34. The SMILES string of the molecule is NCCCCCCCCNC(=O)c1cccc(NS(=O)(=O)c2ccc3ccccc3c2)c1. The molecule has 0 aromatic heterocycles. The first-order valence-corrected chi connectivity index (χ1v) is 12.6. The van der Waals surface area contributed by atoms with Gasteiger partial charge in [0.25, 0.3) is 15.9 Å². The van der Waals surface area contributed by atoms with Crippen molar-refractivity contribution >= 4 is 32.4 Å². The van der Waals surface area contributed by atoms with Gasteiger partial charge < -0.3 is 11.1 Å². The summed E-state index contributed by atoms with van der Waals surface area (Å²) in [5.74, 6) is -0.208. The van der Waals surface area contributed by atoms with Crippen LogP contribution in [-0.2, 0) is 10.0 Å². The average Bonchev–Trinajstić information content (AvgIpc) is 2.80. The molecule has 32 heavy (non-hydrogen) atoms. The topological polar surface area (TPSA) is 101 Å². The number of hydrogen-bond donors (Lipinski definition) is 3. The zero-order chi connectivity index (χ0) is 22.8. The Kier molecular flexibility index (Phi) is 8.64. The molecule has 0 saturated heterocycles. The van der Waals surface area contributed by atoms with Gasteiger partial charge in [-0.05, 0) is 60.5 Å². The molecular weight excluding hydrogens is 422 g/mol. The minimum absolute atomic E-state index is 0.178. The molecule has 0 atom stereocenters. The van der Waals surface area contributed by atoms with Crippen molar-refractivity contribution in [1.29, 1.82) is 0 Å². The van der Waals surface area contributed by atoms with Crippen molar-refractivity contribution in [2.75, 3.05) is 17.8 Å². The molecule has 170 valence electrons. The van der Waals surface area contributed by atoms with Gasteiger partial charge in [0.05, 0.1) is 4.90 Å². The molecule has 4 N–H and O–H groups in total. The largest absolute Gasteiger partial charge is 0.352 e. The Balaban J connectivity index is 1.56. The number of carbonyl (C=O) groups is 1. The van der Waals surface area contributed by atoms with Gasteiger partial charge in [0.2, 0.25) is 0 Å². The number of benzene rings is 3. The fourth-order valence-electron chi connectivity index (χ4n) is 3.55. The summed E-state index contributed by atoms with van der Waals surface area (Å²) in [5.41, 5.74) is 6.26. The van der Waals surface area contributed by atoms with Gasteiger partial charge in [-0.15, -0.1) is 0 Å². The molecule has 6 nitrogen and oxygen atoms in total. The lowest BCUT2D eigenvalue weighted by Crippen LogP contribution is -2.24. The van der Waals surface area contributed by atoms with E-state index >= 15 is 0 Å². The summed E-state index contributed by atoms with van der Waals surface area (Å²) >= 11 is 0. The normalized spacial score (nSPS) is 11.4. The van der Waals surface area contributed by atoms with Crippen LogP contribution in [0.1, 0.15) is 48.9 Å². The van der Waals surface area contributed by atoms with Crippen LogP contribution in [-0.4, -0.2) is 27.4 Å². The summed E-state index contributed by atoms with van der Waals surface area (Å²) in [4.78, 5) is 12.6. The van der Waals surface area contributed by atoms with Crippen LogP contribution in [0.15, 0.2) is 71.6 Å². The summed E-state index contributed by atoms with van der Waals surface area (Å²) < 4.78 is 28.3. The van der Waals surface area contributed by atoms with Gasteiger partial charge in [0, 0.05) is 17.8 Å². The molecule has 7 heteroatoms. The highest BCUT2D eigenvalue weighted by Gasteiger charge is 2.15. The van der Waals surface area contributed by atoms with Crippen molar-refractivity contribution < 1.29 is 13.2 Å². The number of fused-ring (bicyclic) bond motifs is 1. The van der Waals surface area contributed by atoms with Crippen LogP contribution < -0.4 is 15.8 Å². The third-order valence-electron chi connectivity index (χ3n) is 5.32. The third-order valence-corrected chi connectivity index (χ3v) is 6.70. The van der Waals surface area contributed by atoms with E-state index in [4.69, 9.17) is 5.73 Å². The molecule has 0 bridgehead atoms. The van der Waals surface area contributed by atoms with Gasteiger partial charge in [-0.25, -0.2) is 8.42 Å². The van der Waals surface area contributed by atoms with Gasteiger partial charge >= 0.3 is 0 Å². The maximum absolute atomic E-state index is 12.8. The quantitative estimate of drug-likeness (QED) is 0.347. The highest BCUT2D eigenvalue weighted by atomic mass is 32.2. The number of amides is 1. The molecule has 3 rings (SSSR count). The van der Waals surface area contributed by atoms with Crippen molar-refractivity contribution in [2.45, 2.75) is 43.4 Å². The van der Waals surface area contributed by atoms with E-state index in [9.17, 15) is 13.2 Å². The maximum atomic E-state index is 12.8. The second-order valence-electron chi connectivity index (χ2n) is 7.86. The smallest absolute Gasteiger partial charge is 0.261 e. The molecule has 0 aliphatic rings. The van der Waals surface area contributed by atoms with Crippen LogP contribution in [0.25, 0.3) is 10.8 Å². The Labute approximate surface area is 190 Å². The first-order chi connectivity index (χ1) is 15.5. The monoisotopic (exact) mass is 453 g/mol. The fraction of sp³-hybridized carbons (Fsp3) is 0.320. The van der Waals surface area contributed by atoms with Gasteiger partial charge in [-0.1, -0.05) is 62.1 Å². The molecule has 0 unspecified atom stereocenters. The van der Waals surface area contributed by atoms with Crippen LogP contribution in [0.2, 0.25) is 0 Å². The number of carbonyl (C=O) groups excluding carboxylic acids is 1. The Morgan fingerprint density at radius 3 is 2.28 bits per heavy atom. The van der Waals surface area contributed by atoms with E-state index in [0.29, 0.717) is 17.8 Å². The molecule has 0 aliphatic carbocycles. The highest BCUT2D eigenvalue weighted by Crippen LogP contribution is 2.22. The van der Waals surface area contributed by atoms with Crippen LogP contribution >= 0.6 is 0 Å². The van der Waals surface area contributed by atoms with Crippen LogP contribution in [0.5, 0.6) is 0 Å². The molecule has 0 aliphatic heterocycles. The van der Waals surface area contributed by atoms with E-state index in [1.807, 2.05) is 24.3 Å². The number of sulfonamides is 1. The van der Waals surface area contributed by atoms with Crippen LogP contribution in [0, 0.1) is 0 Å². The molecule has 1 amide bonds. The Bertz CT molecular complexity index is 1150.